The van der Waals surface area contributed by atoms with Crippen molar-refractivity contribution in [1.82, 2.24) is 25.4 Å². The topological polar surface area (TPSA) is 80.5 Å². The van der Waals surface area contributed by atoms with Gasteiger partial charge in [0, 0.05) is 62.3 Å². The molecule has 1 unspecified atom stereocenters. The smallest absolute Gasteiger partial charge is 0.317 e. The van der Waals surface area contributed by atoms with E-state index < -0.39 is 0 Å². The van der Waals surface area contributed by atoms with E-state index in [2.05, 4.69) is 40.0 Å². The molecule has 7 nitrogen and oxygen atoms in total. The highest BCUT2D eigenvalue weighted by Gasteiger charge is 2.26. The Labute approximate surface area is 165 Å². The molecule has 1 aromatic carbocycles. The maximum absolute atomic E-state index is 12.6. The average molecular weight is 383 g/mol. The molecule has 0 spiro atoms. The van der Waals surface area contributed by atoms with E-state index in [1.54, 1.807) is 0 Å². The highest BCUT2D eigenvalue weighted by molar-refractivity contribution is 5.84. The lowest BCUT2D eigenvalue weighted by molar-refractivity contribution is 0.177. The van der Waals surface area contributed by atoms with Crippen LogP contribution in [0.3, 0.4) is 0 Å². The van der Waals surface area contributed by atoms with Crippen molar-refractivity contribution in [2.24, 2.45) is 0 Å². The molecule has 4 rings (SSSR count). The molecule has 4 amide bonds. The van der Waals surface area contributed by atoms with Crippen LogP contribution in [-0.4, -0.2) is 66.1 Å². The van der Waals surface area contributed by atoms with Gasteiger partial charge in [-0.1, -0.05) is 18.2 Å². The number of piperidine rings is 1. The summed E-state index contributed by atoms with van der Waals surface area (Å²) in [6.45, 7) is 4.40. The second kappa shape index (κ2) is 8.54. The first kappa shape index (κ1) is 18.7. The van der Waals surface area contributed by atoms with Crippen LogP contribution < -0.4 is 10.6 Å². The lowest BCUT2D eigenvalue weighted by atomic mass is 9.90. The van der Waals surface area contributed by atoms with E-state index in [1.165, 1.54) is 10.9 Å². The maximum Gasteiger partial charge on any atom is 0.317 e. The summed E-state index contributed by atoms with van der Waals surface area (Å²) in [7, 11) is 0. The van der Waals surface area contributed by atoms with Crippen molar-refractivity contribution in [2.75, 3.05) is 39.3 Å². The molecule has 0 aliphatic carbocycles. The van der Waals surface area contributed by atoms with Crippen LogP contribution in [0.1, 0.15) is 37.2 Å². The Morgan fingerprint density at radius 3 is 3.00 bits per heavy atom. The minimum Gasteiger partial charge on any atom is -0.361 e. The number of fused-ring (bicyclic) bond motifs is 1. The number of H-pyrrole nitrogens is 1. The van der Waals surface area contributed by atoms with E-state index in [0.29, 0.717) is 19.0 Å². The van der Waals surface area contributed by atoms with Gasteiger partial charge in [-0.2, -0.15) is 0 Å². The molecular formula is C21H29N5O2. The van der Waals surface area contributed by atoms with Gasteiger partial charge in [0.15, 0.2) is 0 Å². The molecule has 28 heavy (non-hydrogen) atoms. The van der Waals surface area contributed by atoms with Gasteiger partial charge in [-0.05, 0) is 37.3 Å². The number of hydrogen-bond donors (Lipinski definition) is 3. The summed E-state index contributed by atoms with van der Waals surface area (Å²) >= 11 is 0. The number of para-hydroxylation sites is 1. The largest absolute Gasteiger partial charge is 0.361 e. The predicted octanol–water partition coefficient (Wildman–Crippen LogP) is 2.86. The lowest BCUT2D eigenvalue weighted by Crippen LogP contribution is -2.48. The van der Waals surface area contributed by atoms with Gasteiger partial charge in [0.1, 0.15) is 0 Å². The van der Waals surface area contributed by atoms with E-state index in [4.69, 9.17) is 0 Å². The van der Waals surface area contributed by atoms with Gasteiger partial charge < -0.3 is 25.4 Å². The summed E-state index contributed by atoms with van der Waals surface area (Å²) in [6.07, 6.45) is 5.99. The molecule has 2 aliphatic rings. The zero-order chi connectivity index (χ0) is 19.3. The van der Waals surface area contributed by atoms with Crippen molar-refractivity contribution >= 4 is 23.0 Å². The molecule has 2 aromatic rings. The minimum atomic E-state index is 0.00707. The zero-order valence-electron chi connectivity index (χ0n) is 16.2. The van der Waals surface area contributed by atoms with E-state index in [-0.39, 0.29) is 12.1 Å². The summed E-state index contributed by atoms with van der Waals surface area (Å²) < 4.78 is 0. The van der Waals surface area contributed by atoms with E-state index in [1.807, 2.05) is 15.9 Å². The number of carbonyl (C=O) groups excluding carboxylic acids is 2. The van der Waals surface area contributed by atoms with Crippen molar-refractivity contribution in [3.63, 3.8) is 0 Å². The summed E-state index contributed by atoms with van der Waals surface area (Å²) in [5.74, 6) is 0.368. The Morgan fingerprint density at radius 2 is 2.11 bits per heavy atom. The SMILES string of the molecule is O=C1NCCCN1CCCNC(=O)N1CCCC(c2c[nH]c3ccccc23)C1. The fourth-order valence-electron chi connectivity index (χ4n) is 4.32. The molecule has 2 saturated heterocycles. The number of amides is 4. The van der Waals surface area contributed by atoms with Gasteiger partial charge in [-0.25, -0.2) is 9.59 Å². The number of rotatable bonds is 5. The third-order valence-corrected chi connectivity index (χ3v) is 5.82. The number of benzene rings is 1. The van der Waals surface area contributed by atoms with E-state index >= 15 is 0 Å². The number of likely N-dealkylation sites (tertiary alicyclic amines) is 1. The van der Waals surface area contributed by atoms with Crippen LogP contribution in [0.4, 0.5) is 9.59 Å². The number of nitrogens with one attached hydrogen (secondary N) is 3. The van der Waals surface area contributed by atoms with Gasteiger partial charge in [0.25, 0.3) is 0 Å². The first-order valence-electron chi connectivity index (χ1n) is 10.3. The molecular weight excluding hydrogens is 354 g/mol. The number of aromatic amines is 1. The van der Waals surface area contributed by atoms with Crippen molar-refractivity contribution in [3.8, 4) is 0 Å². The zero-order valence-corrected chi connectivity index (χ0v) is 16.2. The Balaban J connectivity index is 1.27. The van der Waals surface area contributed by atoms with Gasteiger partial charge in [0.05, 0.1) is 0 Å². The fourth-order valence-corrected chi connectivity index (χ4v) is 4.32. The third kappa shape index (κ3) is 4.08. The highest BCUT2D eigenvalue weighted by Crippen LogP contribution is 2.32. The molecule has 1 aromatic heterocycles. The van der Waals surface area contributed by atoms with Crippen LogP contribution in [0, 0.1) is 0 Å². The van der Waals surface area contributed by atoms with Gasteiger partial charge >= 0.3 is 12.1 Å². The monoisotopic (exact) mass is 383 g/mol. The molecule has 0 bridgehead atoms. The van der Waals surface area contributed by atoms with Crippen LogP contribution in [0.5, 0.6) is 0 Å². The lowest BCUT2D eigenvalue weighted by Gasteiger charge is -2.33. The molecule has 7 heteroatoms. The first-order chi connectivity index (χ1) is 13.7. The molecule has 2 fully saturated rings. The molecule has 3 heterocycles. The molecule has 150 valence electrons. The number of nitrogens with zero attached hydrogens (tertiary/aromatic N) is 2. The second-order valence-corrected chi connectivity index (χ2v) is 7.73. The Morgan fingerprint density at radius 1 is 1.21 bits per heavy atom. The van der Waals surface area contributed by atoms with E-state index in [9.17, 15) is 9.59 Å². The van der Waals surface area contributed by atoms with Crippen LogP contribution in [0.2, 0.25) is 0 Å². The normalized spacial score (nSPS) is 20.3. The van der Waals surface area contributed by atoms with Crippen molar-refractivity contribution < 1.29 is 9.59 Å². The molecule has 0 radical (unpaired) electrons. The Kier molecular flexibility index (Phi) is 5.69. The quantitative estimate of drug-likeness (QED) is 0.694. The standard InChI is InChI=1S/C21H29N5O2/c27-20-22-9-4-12-25(20)13-5-10-23-21(28)26-11-3-6-16(15-26)18-14-24-19-8-2-1-7-17(18)19/h1-2,7-8,14,16,24H,3-6,9-13,15H2,(H,22,27)(H,23,28). The number of urea groups is 2. The van der Waals surface area contributed by atoms with Crippen LogP contribution in [-0.2, 0) is 0 Å². The van der Waals surface area contributed by atoms with Crippen LogP contribution in [0.15, 0.2) is 30.5 Å². The van der Waals surface area contributed by atoms with Crippen molar-refractivity contribution in [2.45, 2.75) is 31.6 Å². The molecule has 2 aliphatic heterocycles. The average Bonchev–Trinajstić information content (AvgIpc) is 3.16. The van der Waals surface area contributed by atoms with Crippen molar-refractivity contribution in [1.29, 1.82) is 0 Å². The van der Waals surface area contributed by atoms with Crippen LogP contribution >= 0.6 is 0 Å². The highest BCUT2D eigenvalue weighted by atomic mass is 16.2. The molecule has 3 N–H and O–H groups in total. The minimum absolute atomic E-state index is 0.00707. The third-order valence-electron chi connectivity index (χ3n) is 5.82. The maximum atomic E-state index is 12.6. The first-order valence-corrected chi connectivity index (χ1v) is 10.3. The van der Waals surface area contributed by atoms with Gasteiger partial charge in [0.2, 0.25) is 0 Å². The Bertz CT molecular complexity index is 833. The number of aromatic nitrogens is 1. The molecule has 1 atom stereocenters. The van der Waals surface area contributed by atoms with Crippen LogP contribution in [0.25, 0.3) is 10.9 Å². The van der Waals surface area contributed by atoms with Gasteiger partial charge in [-0.15, -0.1) is 0 Å². The molecule has 0 saturated carbocycles. The number of carbonyl (C=O) groups is 2. The fraction of sp³-hybridized carbons (Fsp3) is 0.524. The Hall–Kier alpha value is -2.70. The summed E-state index contributed by atoms with van der Waals surface area (Å²) in [5.41, 5.74) is 2.46. The summed E-state index contributed by atoms with van der Waals surface area (Å²) in [5, 5.41) is 7.14. The number of hydrogen-bond acceptors (Lipinski definition) is 2. The van der Waals surface area contributed by atoms with E-state index in [0.717, 1.165) is 57.4 Å². The van der Waals surface area contributed by atoms with Gasteiger partial charge in [-0.3, -0.25) is 0 Å². The predicted molar refractivity (Wildman–Crippen MR) is 109 cm³/mol. The summed E-state index contributed by atoms with van der Waals surface area (Å²) in [4.78, 5) is 31.4. The second-order valence-electron chi connectivity index (χ2n) is 7.73. The van der Waals surface area contributed by atoms with Crippen molar-refractivity contribution in [3.05, 3.63) is 36.0 Å². The summed E-state index contributed by atoms with van der Waals surface area (Å²) in [6, 6.07) is 8.36.